The molecule has 1 radical (unpaired) electrons. The van der Waals surface area contributed by atoms with Crippen LogP contribution in [0.15, 0.2) is 36.4 Å². The van der Waals surface area contributed by atoms with Gasteiger partial charge in [0.25, 0.3) is 0 Å². The Kier molecular flexibility index (Phi) is 2.68. The zero-order chi connectivity index (χ0) is 11.8. The van der Waals surface area contributed by atoms with E-state index in [1.165, 1.54) is 35.1 Å². The Morgan fingerprint density at radius 2 is 2.06 bits per heavy atom. The van der Waals surface area contributed by atoms with Crippen LogP contribution in [0.3, 0.4) is 0 Å². The standard InChI is InChI=1S/C16H14Cl/c1-11-4-2-5-13(10-11)16-14(12-8-9-12)6-3-7-15(16)17/h2-5,7,10,12H,8-9H2,1H3. The molecule has 0 aliphatic heterocycles. The molecule has 2 aromatic rings. The van der Waals surface area contributed by atoms with Gasteiger partial charge in [-0.05, 0) is 48.9 Å². The molecule has 1 aliphatic rings. The highest BCUT2D eigenvalue weighted by molar-refractivity contribution is 6.33. The maximum absolute atomic E-state index is 6.37. The minimum atomic E-state index is 0.671. The molecule has 1 heteroatoms. The predicted molar refractivity (Wildman–Crippen MR) is 72.4 cm³/mol. The third kappa shape index (κ3) is 2.10. The van der Waals surface area contributed by atoms with Crippen LogP contribution in [0.5, 0.6) is 0 Å². The van der Waals surface area contributed by atoms with Gasteiger partial charge in [-0.1, -0.05) is 47.5 Å². The van der Waals surface area contributed by atoms with Crippen LogP contribution in [0, 0.1) is 13.0 Å². The number of rotatable bonds is 2. The van der Waals surface area contributed by atoms with E-state index in [0.29, 0.717) is 5.92 Å². The van der Waals surface area contributed by atoms with Crippen molar-refractivity contribution in [3.63, 3.8) is 0 Å². The molecule has 85 valence electrons. The summed E-state index contributed by atoms with van der Waals surface area (Å²) in [6.45, 7) is 2.11. The second-order valence-corrected chi connectivity index (χ2v) is 5.17. The molecular weight excluding hydrogens is 228 g/mol. The molecule has 0 N–H and O–H groups in total. The third-order valence-corrected chi connectivity index (χ3v) is 3.58. The van der Waals surface area contributed by atoms with Crippen molar-refractivity contribution in [3.05, 3.63) is 58.6 Å². The summed E-state index contributed by atoms with van der Waals surface area (Å²) in [7, 11) is 0. The fraction of sp³-hybridized carbons (Fsp3) is 0.250. The van der Waals surface area contributed by atoms with Gasteiger partial charge in [0.2, 0.25) is 0 Å². The van der Waals surface area contributed by atoms with E-state index in [2.05, 4.69) is 37.3 Å². The van der Waals surface area contributed by atoms with E-state index in [0.717, 1.165) is 5.02 Å². The first-order valence-corrected chi connectivity index (χ1v) is 6.40. The van der Waals surface area contributed by atoms with Crippen LogP contribution in [-0.2, 0) is 0 Å². The van der Waals surface area contributed by atoms with E-state index < -0.39 is 0 Å². The van der Waals surface area contributed by atoms with Gasteiger partial charge >= 0.3 is 0 Å². The molecule has 1 fully saturated rings. The monoisotopic (exact) mass is 241 g/mol. The molecule has 0 nitrogen and oxygen atoms in total. The molecule has 0 spiro atoms. The number of aryl methyl sites for hydroxylation is 1. The highest BCUT2D eigenvalue weighted by Gasteiger charge is 2.27. The Labute approximate surface area is 107 Å². The zero-order valence-corrected chi connectivity index (χ0v) is 10.6. The zero-order valence-electron chi connectivity index (χ0n) is 9.83. The Balaban J connectivity index is 2.18. The molecule has 3 rings (SSSR count). The van der Waals surface area contributed by atoms with Crippen LogP contribution >= 0.6 is 11.6 Å². The number of halogens is 1. The van der Waals surface area contributed by atoms with Gasteiger partial charge in [-0.3, -0.25) is 0 Å². The van der Waals surface area contributed by atoms with E-state index in [9.17, 15) is 0 Å². The molecule has 0 atom stereocenters. The average molecular weight is 242 g/mol. The van der Waals surface area contributed by atoms with Gasteiger partial charge in [-0.25, -0.2) is 0 Å². The summed E-state index contributed by atoms with van der Waals surface area (Å²) in [6, 6.07) is 15.8. The topological polar surface area (TPSA) is 0 Å². The molecule has 0 heterocycles. The Morgan fingerprint density at radius 3 is 2.76 bits per heavy atom. The van der Waals surface area contributed by atoms with Crippen molar-refractivity contribution in [3.8, 4) is 11.1 Å². The molecule has 0 amide bonds. The van der Waals surface area contributed by atoms with E-state index in [-0.39, 0.29) is 0 Å². The lowest BCUT2D eigenvalue weighted by molar-refractivity contribution is 1.13. The second kappa shape index (κ2) is 4.19. The third-order valence-electron chi connectivity index (χ3n) is 3.27. The minimum Gasteiger partial charge on any atom is -0.0837 e. The Bertz CT molecular complexity index is 553. The molecular formula is C16H14Cl. The summed E-state index contributed by atoms with van der Waals surface area (Å²) >= 11 is 6.37. The summed E-state index contributed by atoms with van der Waals surface area (Å²) in [5, 5.41) is 0.844. The first kappa shape index (κ1) is 10.9. The molecule has 0 bridgehead atoms. The Hall–Kier alpha value is -1.27. The lowest BCUT2D eigenvalue weighted by atomic mass is 9.96. The number of hydrogen-bond acceptors (Lipinski definition) is 0. The van der Waals surface area contributed by atoms with Gasteiger partial charge in [0.05, 0.1) is 0 Å². The SMILES string of the molecule is Cc1cccc(-c2c(C3CC3)[c]ccc2Cl)c1. The lowest BCUT2D eigenvalue weighted by Gasteiger charge is -2.11. The van der Waals surface area contributed by atoms with Crippen molar-refractivity contribution in [2.75, 3.05) is 0 Å². The van der Waals surface area contributed by atoms with Crippen LogP contribution in [0.25, 0.3) is 11.1 Å². The van der Waals surface area contributed by atoms with Gasteiger partial charge in [-0.2, -0.15) is 0 Å². The lowest BCUT2D eigenvalue weighted by Crippen LogP contribution is -1.89. The van der Waals surface area contributed by atoms with E-state index in [1.54, 1.807) is 0 Å². The smallest absolute Gasteiger partial charge is 0.0487 e. The fourth-order valence-corrected chi connectivity index (χ4v) is 2.55. The van der Waals surface area contributed by atoms with Crippen molar-refractivity contribution in [2.24, 2.45) is 0 Å². The first-order valence-electron chi connectivity index (χ1n) is 6.03. The molecule has 17 heavy (non-hydrogen) atoms. The molecule has 2 aromatic carbocycles. The van der Waals surface area contributed by atoms with Crippen LogP contribution in [0.4, 0.5) is 0 Å². The van der Waals surface area contributed by atoms with Crippen molar-refractivity contribution >= 4 is 11.6 Å². The fourth-order valence-electron chi connectivity index (χ4n) is 2.28. The predicted octanol–water partition coefficient (Wildman–Crippen LogP) is 4.99. The summed E-state index contributed by atoms with van der Waals surface area (Å²) < 4.78 is 0. The van der Waals surface area contributed by atoms with Gasteiger partial charge in [0, 0.05) is 10.6 Å². The van der Waals surface area contributed by atoms with E-state index in [4.69, 9.17) is 11.6 Å². The maximum atomic E-state index is 6.37. The van der Waals surface area contributed by atoms with Crippen LogP contribution in [0.1, 0.15) is 29.9 Å². The van der Waals surface area contributed by atoms with Gasteiger partial charge in [0.15, 0.2) is 0 Å². The summed E-state index contributed by atoms with van der Waals surface area (Å²) in [6.07, 6.45) is 2.55. The van der Waals surface area contributed by atoms with Gasteiger partial charge in [0.1, 0.15) is 0 Å². The number of hydrogen-bond donors (Lipinski definition) is 0. The van der Waals surface area contributed by atoms with E-state index >= 15 is 0 Å². The second-order valence-electron chi connectivity index (χ2n) is 4.76. The normalized spacial score (nSPS) is 14.9. The molecule has 1 aliphatic carbocycles. The molecule has 1 saturated carbocycles. The highest BCUT2D eigenvalue weighted by atomic mass is 35.5. The van der Waals surface area contributed by atoms with Crippen LogP contribution in [0.2, 0.25) is 5.02 Å². The van der Waals surface area contributed by atoms with Crippen molar-refractivity contribution in [1.29, 1.82) is 0 Å². The number of benzene rings is 2. The molecule has 0 aromatic heterocycles. The largest absolute Gasteiger partial charge is 0.0837 e. The van der Waals surface area contributed by atoms with Crippen LogP contribution in [-0.4, -0.2) is 0 Å². The van der Waals surface area contributed by atoms with Crippen molar-refractivity contribution in [1.82, 2.24) is 0 Å². The quantitative estimate of drug-likeness (QED) is 0.695. The van der Waals surface area contributed by atoms with Gasteiger partial charge < -0.3 is 0 Å². The summed E-state index contributed by atoms with van der Waals surface area (Å²) in [5.41, 5.74) is 4.96. The summed E-state index contributed by atoms with van der Waals surface area (Å²) in [5.74, 6) is 0.671. The Morgan fingerprint density at radius 1 is 1.24 bits per heavy atom. The highest BCUT2D eigenvalue weighted by Crippen LogP contribution is 2.46. The van der Waals surface area contributed by atoms with Crippen LogP contribution < -0.4 is 0 Å². The van der Waals surface area contributed by atoms with E-state index in [1.807, 2.05) is 12.1 Å². The maximum Gasteiger partial charge on any atom is 0.0487 e. The molecule has 0 unspecified atom stereocenters. The van der Waals surface area contributed by atoms with Gasteiger partial charge in [-0.15, -0.1) is 0 Å². The average Bonchev–Trinajstić information content (AvgIpc) is 3.12. The van der Waals surface area contributed by atoms with Crippen molar-refractivity contribution < 1.29 is 0 Å². The van der Waals surface area contributed by atoms with Crippen molar-refractivity contribution in [2.45, 2.75) is 25.7 Å². The minimum absolute atomic E-state index is 0.671. The first-order chi connectivity index (χ1) is 8.25. The molecule has 0 saturated heterocycles. The summed E-state index contributed by atoms with van der Waals surface area (Å²) in [4.78, 5) is 0.